The first kappa shape index (κ1) is 25.0. The number of benzene rings is 1. The molecule has 2 aromatic rings. The predicted octanol–water partition coefficient (Wildman–Crippen LogP) is 2.57. The molecule has 7 rings (SSSR count). The molecule has 9 heteroatoms. The second-order valence-corrected chi connectivity index (χ2v) is 11.8. The predicted molar refractivity (Wildman–Crippen MR) is 145 cm³/mol. The Hall–Kier alpha value is -3.33. The second kappa shape index (κ2) is 9.45. The number of nitrogens with one attached hydrogen (secondary N) is 1. The number of pyridine rings is 1. The van der Waals surface area contributed by atoms with Gasteiger partial charge >= 0.3 is 0 Å². The van der Waals surface area contributed by atoms with Crippen LogP contribution in [0.3, 0.4) is 0 Å². The quantitative estimate of drug-likeness (QED) is 0.536. The van der Waals surface area contributed by atoms with Crippen molar-refractivity contribution < 1.29 is 19.4 Å². The van der Waals surface area contributed by atoms with Crippen molar-refractivity contribution in [3.63, 3.8) is 0 Å². The van der Waals surface area contributed by atoms with Gasteiger partial charge in [-0.25, -0.2) is 4.98 Å². The minimum Gasteiger partial charge on any atom is -0.496 e. The van der Waals surface area contributed by atoms with Gasteiger partial charge in [0.05, 0.1) is 18.3 Å². The molecule has 4 aliphatic carbocycles. The zero-order valence-electron chi connectivity index (χ0n) is 22.1. The van der Waals surface area contributed by atoms with Crippen molar-refractivity contribution in [1.82, 2.24) is 10.3 Å². The molecule has 1 aromatic heterocycles. The highest BCUT2D eigenvalue weighted by Gasteiger charge is 2.55. The minimum absolute atomic E-state index is 0.121. The number of rotatable bonds is 6. The molecule has 38 heavy (non-hydrogen) atoms. The molecule has 5 aliphatic rings. The summed E-state index contributed by atoms with van der Waals surface area (Å²) in [7, 11) is 1.53. The lowest BCUT2D eigenvalue weighted by molar-refractivity contribution is -0.136. The Morgan fingerprint density at radius 2 is 1.89 bits per heavy atom. The van der Waals surface area contributed by atoms with E-state index in [2.05, 4.69) is 22.0 Å². The van der Waals surface area contributed by atoms with Crippen molar-refractivity contribution >= 4 is 23.3 Å². The maximum atomic E-state index is 13.3. The molecule has 3 atom stereocenters. The molecule has 9 nitrogen and oxygen atoms in total. The van der Waals surface area contributed by atoms with E-state index < -0.39 is 11.5 Å². The number of anilines is 2. The fraction of sp³-hybridized carbons (Fsp3) is 0.552. The Balaban J connectivity index is 1.12. The van der Waals surface area contributed by atoms with E-state index in [-0.39, 0.29) is 18.0 Å². The van der Waals surface area contributed by atoms with Gasteiger partial charge in [-0.15, -0.1) is 0 Å². The molecule has 2 heterocycles. The molecule has 2 amide bonds. The standard InChI is InChI=1S/C29H37N5O4/c1-17-16-33(21-6-7-22(27(30)35)24(12-21)38-2)8-9-34(17)25-5-3-4-23(31-25)28(36)32-26-19-10-18-11-20(26)15-29(37,13-18)14-19/h3-7,12,17-20,26,37H,8-11,13-16H2,1-2H3,(H2,30,35)(H,32,36)/t17-,18?,19?,20?,26-,29-/m1/s1. The summed E-state index contributed by atoms with van der Waals surface area (Å²) in [5.41, 5.74) is 6.73. The van der Waals surface area contributed by atoms with Crippen molar-refractivity contribution in [3.8, 4) is 5.75 Å². The fourth-order valence-corrected chi connectivity index (χ4v) is 7.76. The normalized spacial score (nSPS) is 31.8. The van der Waals surface area contributed by atoms with E-state index in [1.165, 1.54) is 7.11 Å². The molecular formula is C29H37N5O4. The molecule has 1 aliphatic heterocycles. The van der Waals surface area contributed by atoms with Gasteiger partial charge in [-0.2, -0.15) is 0 Å². The van der Waals surface area contributed by atoms with Crippen LogP contribution in [-0.4, -0.2) is 66.3 Å². The molecule has 1 aromatic carbocycles. The largest absolute Gasteiger partial charge is 0.496 e. The lowest BCUT2D eigenvalue weighted by atomic mass is 9.52. The Morgan fingerprint density at radius 1 is 1.13 bits per heavy atom. The van der Waals surface area contributed by atoms with Crippen molar-refractivity contribution in [1.29, 1.82) is 0 Å². The zero-order valence-corrected chi connectivity index (χ0v) is 22.1. The van der Waals surface area contributed by atoms with Gasteiger partial charge in [0, 0.05) is 43.5 Å². The molecule has 1 saturated heterocycles. The van der Waals surface area contributed by atoms with E-state index in [9.17, 15) is 14.7 Å². The number of hydrogen-bond donors (Lipinski definition) is 3. The van der Waals surface area contributed by atoms with Crippen molar-refractivity contribution in [3.05, 3.63) is 47.7 Å². The first-order valence-electron chi connectivity index (χ1n) is 13.7. The summed E-state index contributed by atoms with van der Waals surface area (Å²) in [6, 6.07) is 11.4. The van der Waals surface area contributed by atoms with E-state index in [1.807, 2.05) is 24.3 Å². The number of aliphatic hydroxyl groups is 1. The third-order valence-corrected chi connectivity index (χ3v) is 9.24. The van der Waals surface area contributed by atoms with E-state index in [0.717, 1.165) is 63.2 Å². The SMILES string of the molecule is COc1cc(N2CCN(c3cccc(C(=O)N[C@H]4C5CC6CC4C[C@](O)(C6)C5)n3)[C@H](C)C2)ccc1C(N)=O. The Labute approximate surface area is 223 Å². The highest BCUT2D eigenvalue weighted by molar-refractivity contribution is 5.96. The molecule has 0 spiro atoms. The average molecular weight is 520 g/mol. The maximum absolute atomic E-state index is 13.3. The first-order valence-corrected chi connectivity index (χ1v) is 13.7. The van der Waals surface area contributed by atoms with Crippen LogP contribution >= 0.6 is 0 Å². The van der Waals surface area contributed by atoms with Crippen LogP contribution in [0.2, 0.25) is 0 Å². The molecule has 0 radical (unpaired) electrons. The number of amides is 2. The molecular weight excluding hydrogens is 482 g/mol. The third kappa shape index (κ3) is 4.46. The van der Waals surface area contributed by atoms with Gasteiger partial charge < -0.3 is 30.7 Å². The van der Waals surface area contributed by atoms with Gasteiger partial charge in [0.1, 0.15) is 17.3 Å². The molecule has 5 fully saturated rings. The van der Waals surface area contributed by atoms with Gasteiger partial charge in [0.2, 0.25) is 0 Å². The van der Waals surface area contributed by atoms with Gasteiger partial charge in [-0.3, -0.25) is 9.59 Å². The minimum atomic E-state index is -0.512. The fourth-order valence-electron chi connectivity index (χ4n) is 7.76. The molecule has 4 N–H and O–H groups in total. The highest BCUT2D eigenvalue weighted by Crippen LogP contribution is 2.55. The topological polar surface area (TPSA) is 121 Å². The van der Waals surface area contributed by atoms with Gasteiger partial charge in [-0.1, -0.05) is 6.07 Å². The van der Waals surface area contributed by atoms with Crippen LogP contribution in [0, 0.1) is 17.8 Å². The Morgan fingerprint density at radius 3 is 2.55 bits per heavy atom. The monoisotopic (exact) mass is 519 g/mol. The van der Waals surface area contributed by atoms with Gasteiger partial charge in [0.15, 0.2) is 0 Å². The average Bonchev–Trinajstić information content (AvgIpc) is 2.89. The zero-order chi connectivity index (χ0) is 26.6. The number of ether oxygens (including phenoxy) is 1. The number of carbonyl (C=O) groups excluding carboxylic acids is 2. The summed E-state index contributed by atoms with van der Waals surface area (Å²) in [5, 5.41) is 14.2. The van der Waals surface area contributed by atoms with Crippen LogP contribution in [0.4, 0.5) is 11.5 Å². The van der Waals surface area contributed by atoms with Crippen LogP contribution in [0.1, 0.15) is 59.9 Å². The van der Waals surface area contributed by atoms with Crippen molar-refractivity contribution in [2.45, 2.75) is 56.7 Å². The van der Waals surface area contributed by atoms with E-state index in [1.54, 1.807) is 12.1 Å². The van der Waals surface area contributed by atoms with Gasteiger partial charge in [0.25, 0.3) is 11.8 Å². The number of primary amides is 1. The van der Waals surface area contributed by atoms with Crippen LogP contribution in [0.5, 0.6) is 5.75 Å². The second-order valence-electron chi connectivity index (χ2n) is 11.8. The van der Waals surface area contributed by atoms with E-state index >= 15 is 0 Å². The summed E-state index contributed by atoms with van der Waals surface area (Å²) in [4.78, 5) is 34.2. The number of piperazine rings is 1. The van der Waals surface area contributed by atoms with Crippen molar-refractivity contribution in [2.24, 2.45) is 23.5 Å². The smallest absolute Gasteiger partial charge is 0.270 e. The number of hydrogen-bond acceptors (Lipinski definition) is 7. The van der Waals surface area contributed by atoms with Crippen LogP contribution in [-0.2, 0) is 0 Å². The Kier molecular flexibility index (Phi) is 6.21. The number of carbonyl (C=O) groups is 2. The van der Waals surface area contributed by atoms with Crippen LogP contribution in [0.25, 0.3) is 0 Å². The molecule has 4 saturated carbocycles. The summed E-state index contributed by atoms with van der Waals surface area (Å²) in [6.45, 7) is 4.41. The van der Waals surface area contributed by atoms with E-state index in [0.29, 0.717) is 34.8 Å². The number of nitrogens with two attached hydrogens (primary N) is 1. The van der Waals surface area contributed by atoms with Gasteiger partial charge in [-0.05, 0) is 81.0 Å². The summed E-state index contributed by atoms with van der Waals surface area (Å²) < 4.78 is 5.38. The van der Waals surface area contributed by atoms with Crippen LogP contribution in [0.15, 0.2) is 36.4 Å². The lowest BCUT2D eigenvalue weighted by Gasteiger charge is -2.58. The number of nitrogens with zero attached hydrogens (tertiary/aromatic N) is 3. The van der Waals surface area contributed by atoms with Crippen molar-refractivity contribution in [2.75, 3.05) is 36.5 Å². The summed E-state index contributed by atoms with van der Waals surface area (Å²) >= 11 is 0. The highest BCUT2D eigenvalue weighted by atomic mass is 16.5. The molecule has 2 unspecified atom stereocenters. The summed E-state index contributed by atoms with van der Waals surface area (Å²) in [6.07, 6.45) is 4.75. The number of aromatic nitrogens is 1. The van der Waals surface area contributed by atoms with Crippen LogP contribution < -0.4 is 25.6 Å². The molecule has 202 valence electrons. The van der Waals surface area contributed by atoms with E-state index in [4.69, 9.17) is 15.5 Å². The first-order chi connectivity index (χ1) is 18.2. The number of methoxy groups -OCH3 is 1. The third-order valence-electron chi connectivity index (χ3n) is 9.24. The maximum Gasteiger partial charge on any atom is 0.270 e. The summed E-state index contributed by atoms with van der Waals surface area (Å²) in [5.74, 6) is 1.97. The molecule has 4 bridgehead atoms. The Bertz CT molecular complexity index is 1240. The lowest BCUT2D eigenvalue weighted by Crippen LogP contribution is -2.61.